The van der Waals surface area contributed by atoms with Crippen LogP contribution in [0.4, 0.5) is 0 Å². The number of nitrogens with one attached hydrogen (secondary N) is 2. The Kier molecular flexibility index (Phi) is 3.06. The SMILES string of the molecule is O=C(NCC1CCNC1)C1C2CC3CC(C2)CC1C3. The lowest BCUT2D eigenvalue weighted by atomic mass is 9.51. The number of carbonyl (C=O) groups excluding carboxylic acids is 1. The van der Waals surface area contributed by atoms with Crippen molar-refractivity contribution in [3.8, 4) is 0 Å². The van der Waals surface area contributed by atoms with Gasteiger partial charge in [0.15, 0.2) is 0 Å². The quantitative estimate of drug-likeness (QED) is 0.814. The Bertz CT molecular complexity index is 334. The number of hydrogen-bond donors (Lipinski definition) is 2. The van der Waals surface area contributed by atoms with E-state index in [-0.39, 0.29) is 0 Å². The third kappa shape index (κ3) is 2.20. The van der Waals surface area contributed by atoms with Gasteiger partial charge in [0.2, 0.25) is 5.91 Å². The maximum Gasteiger partial charge on any atom is 0.223 e. The minimum Gasteiger partial charge on any atom is -0.356 e. The summed E-state index contributed by atoms with van der Waals surface area (Å²) in [5.41, 5.74) is 0. The zero-order chi connectivity index (χ0) is 12.8. The van der Waals surface area contributed by atoms with Crippen LogP contribution in [0, 0.1) is 35.5 Å². The molecule has 0 radical (unpaired) electrons. The predicted molar refractivity (Wildman–Crippen MR) is 74.5 cm³/mol. The number of amides is 1. The standard InChI is InChI=1S/C16H26N2O/c19-16(18-9-10-1-2-17-8-10)15-13-4-11-3-12(6-13)7-14(15)5-11/h10-15,17H,1-9H2,(H,18,19). The largest absolute Gasteiger partial charge is 0.356 e. The molecule has 4 bridgehead atoms. The van der Waals surface area contributed by atoms with Crippen molar-refractivity contribution >= 4 is 5.91 Å². The summed E-state index contributed by atoms with van der Waals surface area (Å²) in [4.78, 5) is 12.6. The second kappa shape index (κ2) is 4.76. The first-order chi connectivity index (χ1) is 9.29. The Morgan fingerprint density at radius 3 is 2.32 bits per heavy atom. The van der Waals surface area contributed by atoms with E-state index < -0.39 is 0 Å². The van der Waals surface area contributed by atoms with Crippen molar-refractivity contribution in [1.82, 2.24) is 10.6 Å². The summed E-state index contributed by atoms with van der Waals surface area (Å²) >= 11 is 0. The summed E-state index contributed by atoms with van der Waals surface area (Å²) in [5.74, 6) is 4.79. The van der Waals surface area contributed by atoms with Crippen molar-refractivity contribution in [2.75, 3.05) is 19.6 Å². The first-order valence-corrected chi connectivity index (χ1v) is 8.28. The number of hydrogen-bond acceptors (Lipinski definition) is 2. The molecule has 2 N–H and O–H groups in total. The van der Waals surface area contributed by atoms with Gasteiger partial charge in [0, 0.05) is 12.5 Å². The molecule has 0 aromatic heterocycles. The molecule has 5 aliphatic rings. The average Bonchev–Trinajstić information content (AvgIpc) is 2.88. The fraction of sp³-hybridized carbons (Fsp3) is 0.938. The van der Waals surface area contributed by atoms with Crippen LogP contribution >= 0.6 is 0 Å². The van der Waals surface area contributed by atoms with E-state index in [1.807, 2.05) is 0 Å². The summed E-state index contributed by atoms with van der Waals surface area (Å²) in [5, 5.41) is 6.65. The van der Waals surface area contributed by atoms with Crippen LogP contribution in [0.5, 0.6) is 0 Å². The highest BCUT2D eigenvalue weighted by atomic mass is 16.1. The molecule has 5 fully saturated rings. The zero-order valence-corrected chi connectivity index (χ0v) is 11.7. The van der Waals surface area contributed by atoms with E-state index in [9.17, 15) is 4.79 Å². The van der Waals surface area contributed by atoms with Crippen molar-refractivity contribution in [2.45, 2.75) is 38.5 Å². The van der Waals surface area contributed by atoms with Gasteiger partial charge in [-0.25, -0.2) is 0 Å². The highest BCUT2D eigenvalue weighted by Gasteiger charge is 2.50. The number of rotatable bonds is 3. The molecule has 4 aliphatic carbocycles. The molecule has 4 saturated carbocycles. The summed E-state index contributed by atoms with van der Waals surface area (Å²) in [7, 11) is 0. The lowest BCUT2D eigenvalue weighted by Crippen LogP contribution is -2.51. The minimum atomic E-state index is 0.363. The smallest absolute Gasteiger partial charge is 0.223 e. The van der Waals surface area contributed by atoms with Gasteiger partial charge in [-0.1, -0.05) is 0 Å². The highest BCUT2D eigenvalue weighted by molar-refractivity contribution is 5.79. The molecule has 0 aromatic carbocycles. The van der Waals surface area contributed by atoms with E-state index in [1.165, 1.54) is 38.5 Å². The fourth-order valence-corrected chi connectivity index (χ4v) is 5.60. The Morgan fingerprint density at radius 1 is 1.05 bits per heavy atom. The van der Waals surface area contributed by atoms with Crippen molar-refractivity contribution in [1.29, 1.82) is 0 Å². The Hall–Kier alpha value is -0.570. The summed E-state index contributed by atoms with van der Waals surface area (Å²) in [6.45, 7) is 3.11. The van der Waals surface area contributed by atoms with Crippen LogP contribution < -0.4 is 10.6 Å². The van der Waals surface area contributed by atoms with Crippen molar-refractivity contribution in [3.05, 3.63) is 0 Å². The van der Waals surface area contributed by atoms with E-state index in [0.29, 0.717) is 17.7 Å². The average molecular weight is 262 g/mol. The summed E-state index contributed by atoms with van der Waals surface area (Å²) < 4.78 is 0. The molecular weight excluding hydrogens is 236 g/mol. The van der Waals surface area contributed by atoms with Crippen LogP contribution in [0.2, 0.25) is 0 Å². The molecule has 1 unspecified atom stereocenters. The van der Waals surface area contributed by atoms with E-state index in [0.717, 1.165) is 43.3 Å². The number of carbonyl (C=O) groups is 1. The molecular formula is C16H26N2O. The molecule has 1 atom stereocenters. The zero-order valence-electron chi connectivity index (χ0n) is 11.7. The van der Waals surface area contributed by atoms with Gasteiger partial charge >= 0.3 is 0 Å². The summed E-state index contributed by atoms with van der Waals surface area (Å²) in [6, 6.07) is 0. The third-order valence-corrected chi connectivity index (χ3v) is 6.26. The van der Waals surface area contributed by atoms with Crippen molar-refractivity contribution < 1.29 is 4.79 Å². The van der Waals surface area contributed by atoms with E-state index in [4.69, 9.17) is 0 Å². The molecule has 19 heavy (non-hydrogen) atoms. The molecule has 1 heterocycles. The maximum atomic E-state index is 12.6. The minimum absolute atomic E-state index is 0.363. The van der Waals surface area contributed by atoms with Crippen molar-refractivity contribution in [2.24, 2.45) is 35.5 Å². The van der Waals surface area contributed by atoms with E-state index in [2.05, 4.69) is 10.6 Å². The van der Waals surface area contributed by atoms with Crippen LogP contribution in [0.3, 0.4) is 0 Å². The fourth-order valence-electron chi connectivity index (χ4n) is 5.60. The van der Waals surface area contributed by atoms with Gasteiger partial charge in [-0.05, 0) is 81.2 Å². The lowest BCUT2D eigenvalue weighted by Gasteiger charge is -2.53. The van der Waals surface area contributed by atoms with Crippen LogP contribution in [-0.4, -0.2) is 25.5 Å². The molecule has 1 saturated heterocycles. The van der Waals surface area contributed by atoms with Gasteiger partial charge in [0.1, 0.15) is 0 Å². The van der Waals surface area contributed by atoms with Crippen LogP contribution in [0.25, 0.3) is 0 Å². The first kappa shape index (κ1) is 12.2. The van der Waals surface area contributed by atoms with Gasteiger partial charge < -0.3 is 10.6 Å². The Balaban J connectivity index is 1.37. The predicted octanol–water partition coefficient (Wildman–Crippen LogP) is 1.78. The van der Waals surface area contributed by atoms with E-state index >= 15 is 0 Å². The van der Waals surface area contributed by atoms with Gasteiger partial charge in [0.25, 0.3) is 0 Å². The van der Waals surface area contributed by atoms with Gasteiger partial charge in [0.05, 0.1) is 0 Å². The molecule has 0 spiro atoms. The molecule has 0 aromatic rings. The third-order valence-electron chi connectivity index (χ3n) is 6.26. The van der Waals surface area contributed by atoms with Crippen LogP contribution in [0.1, 0.15) is 38.5 Å². The van der Waals surface area contributed by atoms with Gasteiger partial charge in [-0.3, -0.25) is 4.79 Å². The van der Waals surface area contributed by atoms with Gasteiger partial charge in [-0.2, -0.15) is 0 Å². The van der Waals surface area contributed by atoms with Crippen LogP contribution in [-0.2, 0) is 4.79 Å². The lowest BCUT2D eigenvalue weighted by molar-refractivity contribution is -0.138. The van der Waals surface area contributed by atoms with Crippen molar-refractivity contribution in [3.63, 3.8) is 0 Å². The Labute approximate surface area is 115 Å². The molecule has 5 rings (SSSR count). The topological polar surface area (TPSA) is 41.1 Å². The highest BCUT2D eigenvalue weighted by Crippen LogP contribution is 2.56. The Morgan fingerprint density at radius 2 is 1.74 bits per heavy atom. The van der Waals surface area contributed by atoms with Crippen LogP contribution in [0.15, 0.2) is 0 Å². The molecule has 1 aliphatic heterocycles. The summed E-state index contributed by atoms with van der Waals surface area (Å²) in [6.07, 6.45) is 8.06. The molecule has 106 valence electrons. The molecule has 1 amide bonds. The molecule has 3 nitrogen and oxygen atoms in total. The normalized spacial score (nSPS) is 47.6. The monoisotopic (exact) mass is 262 g/mol. The van der Waals surface area contributed by atoms with Gasteiger partial charge in [-0.15, -0.1) is 0 Å². The molecule has 3 heteroatoms. The maximum absolute atomic E-state index is 12.6. The second-order valence-electron chi connectivity index (χ2n) is 7.56. The first-order valence-electron chi connectivity index (χ1n) is 8.28. The second-order valence-corrected chi connectivity index (χ2v) is 7.56. The van der Waals surface area contributed by atoms with E-state index in [1.54, 1.807) is 0 Å².